The minimum absolute atomic E-state index is 0.187. The van der Waals surface area contributed by atoms with Gasteiger partial charge in [-0.3, -0.25) is 4.79 Å². The lowest BCUT2D eigenvalue weighted by atomic mass is 10.1. The predicted molar refractivity (Wildman–Crippen MR) is 68.1 cm³/mol. The summed E-state index contributed by atoms with van der Waals surface area (Å²) in [5.74, 6) is 0.633. The van der Waals surface area contributed by atoms with E-state index in [-0.39, 0.29) is 5.78 Å². The fourth-order valence-corrected chi connectivity index (χ4v) is 2.70. The van der Waals surface area contributed by atoms with Crippen LogP contribution >= 0.6 is 11.3 Å². The molecular formula is C13H15NOS. The molecule has 1 aromatic carbocycles. The molecule has 0 bridgehead atoms. The van der Waals surface area contributed by atoms with Gasteiger partial charge in [0, 0.05) is 12.3 Å². The van der Waals surface area contributed by atoms with Crippen LogP contribution in [0.1, 0.15) is 37.3 Å². The highest BCUT2D eigenvalue weighted by atomic mass is 32.1. The minimum Gasteiger partial charge on any atom is -0.300 e. The van der Waals surface area contributed by atoms with E-state index in [1.165, 1.54) is 4.70 Å². The summed E-state index contributed by atoms with van der Waals surface area (Å²) in [5.41, 5.74) is 2.06. The van der Waals surface area contributed by atoms with Crippen LogP contribution in [0.15, 0.2) is 18.2 Å². The molecule has 1 heterocycles. The van der Waals surface area contributed by atoms with Crippen molar-refractivity contribution in [2.75, 3.05) is 0 Å². The average molecular weight is 233 g/mol. The molecule has 0 aliphatic rings. The molecular weight excluding hydrogens is 218 g/mol. The number of benzene rings is 1. The number of hydrogen-bond donors (Lipinski definition) is 0. The second-order valence-corrected chi connectivity index (χ2v) is 5.41. The first kappa shape index (κ1) is 11.3. The summed E-state index contributed by atoms with van der Waals surface area (Å²) in [6, 6.07) is 6.07. The molecule has 0 aliphatic carbocycles. The van der Waals surface area contributed by atoms with E-state index in [1.807, 2.05) is 12.1 Å². The second kappa shape index (κ2) is 4.34. The number of aromatic nitrogens is 1. The molecule has 16 heavy (non-hydrogen) atoms. The molecule has 0 unspecified atom stereocenters. The van der Waals surface area contributed by atoms with Gasteiger partial charge >= 0.3 is 0 Å². The number of carbonyl (C=O) groups excluding carboxylic acids is 1. The van der Waals surface area contributed by atoms with E-state index in [4.69, 9.17) is 0 Å². The van der Waals surface area contributed by atoms with E-state index in [0.717, 1.165) is 16.1 Å². The highest BCUT2D eigenvalue weighted by Crippen LogP contribution is 2.29. The molecule has 3 heteroatoms. The lowest BCUT2D eigenvalue weighted by Crippen LogP contribution is -1.97. The first-order valence-electron chi connectivity index (χ1n) is 5.45. The zero-order valence-electron chi connectivity index (χ0n) is 9.78. The third kappa shape index (κ3) is 2.14. The van der Waals surface area contributed by atoms with Gasteiger partial charge in [0.15, 0.2) is 0 Å². The summed E-state index contributed by atoms with van der Waals surface area (Å²) in [6.45, 7) is 5.90. The van der Waals surface area contributed by atoms with Gasteiger partial charge in [0.2, 0.25) is 0 Å². The van der Waals surface area contributed by atoms with Crippen molar-refractivity contribution < 1.29 is 4.79 Å². The molecule has 0 saturated heterocycles. The molecule has 0 N–H and O–H groups in total. The Hall–Kier alpha value is -1.22. The number of hydrogen-bond acceptors (Lipinski definition) is 3. The standard InChI is InChI=1S/C13H15NOS/c1-8(2)13-14-12-10(7-9(3)15)5-4-6-11(12)16-13/h4-6,8H,7H2,1-3H3. The zero-order valence-corrected chi connectivity index (χ0v) is 10.6. The Labute approximate surface area is 99.3 Å². The lowest BCUT2D eigenvalue weighted by Gasteiger charge is -1.98. The quantitative estimate of drug-likeness (QED) is 0.811. The van der Waals surface area contributed by atoms with Crippen LogP contribution in [-0.4, -0.2) is 10.8 Å². The molecule has 2 nitrogen and oxygen atoms in total. The highest BCUT2D eigenvalue weighted by Gasteiger charge is 2.11. The largest absolute Gasteiger partial charge is 0.300 e. The first-order chi connectivity index (χ1) is 7.58. The van der Waals surface area contributed by atoms with E-state index < -0.39 is 0 Å². The third-order valence-electron chi connectivity index (χ3n) is 2.45. The maximum atomic E-state index is 11.2. The maximum absolute atomic E-state index is 11.2. The van der Waals surface area contributed by atoms with Crippen molar-refractivity contribution in [1.82, 2.24) is 4.98 Å². The fraction of sp³-hybridized carbons (Fsp3) is 0.385. The van der Waals surface area contributed by atoms with Gasteiger partial charge in [0.1, 0.15) is 5.78 Å². The van der Waals surface area contributed by atoms with Crippen LogP contribution in [0.4, 0.5) is 0 Å². The van der Waals surface area contributed by atoms with Gasteiger partial charge in [-0.1, -0.05) is 26.0 Å². The van der Waals surface area contributed by atoms with Gasteiger partial charge in [-0.2, -0.15) is 0 Å². The molecule has 2 rings (SSSR count). The molecule has 0 aliphatic heterocycles. The highest BCUT2D eigenvalue weighted by molar-refractivity contribution is 7.18. The van der Waals surface area contributed by atoms with E-state index in [9.17, 15) is 4.79 Å². The van der Waals surface area contributed by atoms with Crippen molar-refractivity contribution in [3.8, 4) is 0 Å². The van der Waals surface area contributed by atoms with Gasteiger partial charge in [-0.05, 0) is 18.6 Å². The normalized spacial score (nSPS) is 11.2. The Morgan fingerprint density at radius 2 is 2.19 bits per heavy atom. The Kier molecular flexibility index (Phi) is 3.06. The Morgan fingerprint density at radius 3 is 2.81 bits per heavy atom. The molecule has 2 aromatic rings. The van der Waals surface area contributed by atoms with Gasteiger partial charge in [-0.25, -0.2) is 4.98 Å². The first-order valence-corrected chi connectivity index (χ1v) is 6.27. The van der Waals surface area contributed by atoms with Crippen LogP contribution < -0.4 is 0 Å². The van der Waals surface area contributed by atoms with Gasteiger partial charge < -0.3 is 0 Å². The van der Waals surface area contributed by atoms with Crippen molar-refractivity contribution in [3.63, 3.8) is 0 Å². The molecule has 84 valence electrons. The summed E-state index contributed by atoms with van der Waals surface area (Å²) < 4.78 is 1.18. The van der Waals surface area contributed by atoms with E-state index in [2.05, 4.69) is 24.9 Å². The van der Waals surface area contributed by atoms with Gasteiger partial charge in [0.05, 0.1) is 15.2 Å². The molecule has 0 amide bonds. The molecule has 0 fully saturated rings. The fourth-order valence-electron chi connectivity index (χ4n) is 1.68. The number of Topliss-reactive ketones (excluding diaryl/α,β-unsaturated/α-hetero) is 1. The van der Waals surface area contributed by atoms with Crippen LogP contribution in [0.2, 0.25) is 0 Å². The molecule has 0 radical (unpaired) electrons. The van der Waals surface area contributed by atoms with Crippen LogP contribution in [0, 0.1) is 0 Å². The van der Waals surface area contributed by atoms with Crippen LogP contribution in [-0.2, 0) is 11.2 Å². The second-order valence-electron chi connectivity index (χ2n) is 4.35. The number of nitrogens with zero attached hydrogens (tertiary/aromatic N) is 1. The van der Waals surface area contributed by atoms with Gasteiger partial charge in [-0.15, -0.1) is 11.3 Å². The van der Waals surface area contributed by atoms with Crippen LogP contribution in [0.25, 0.3) is 10.2 Å². The maximum Gasteiger partial charge on any atom is 0.134 e. The summed E-state index contributed by atoms with van der Waals surface area (Å²) in [5, 5.41) is 1.14. The number of thiazole rings is 1. The van der Waals surface area contributed by atoms with E-state index in [0.29, 0.717) is 12.3 Å². The summed E-state index contributed by atoms with van der Waals surface area (Å²) in [6.07, 6.45) is 0.485. The average Bonchev–Trinajstić information content (AvgIpc) is 2.61. The van der Waals surface area contributed by atoms with Crippen molar-refractivity contribution >= 4 is 27.3 Å². The van der Waals surface area contributed by atoms with Gasteiger partial charge in [0.25, 0.3) is 0 Å². The third-order valence-corrected chi connectivity index (χ3v) is 3.77. The van der Waals surface area contributed by atoms with Crippen LogP contribution in [0.3, 0.4) is 0 Å². The smallest absolute Gasteiger partial charge is 0.134 e. The lowest BCUT2D eigenvalue weighted by molar-refractivity contribution is -0.116. The minimum atomic E-state index is 0.187. The van der Waals surface area contributed by atoms with Crippen molar-refractivity contribution in [3.05, 3.63) is 28.8 Å². The van der Waals surface area contributed by atoms with Crippen LogP contribution in [0.5, 0.6) is 0 Å². The number of ketones is 1. The molecule has 0 atom stereocenters. The Bertz CT molecular complexity index is 528. The van der Waals surface area contributed by atoms with E-state index in [1.54, 1.807) is 18.3 Å². The number of fused-ring (bicyclic) bond motifs is 1. The molecule has 0 spiro atoms. The number of carbonyl (C=O) groups is 1. The SMILES string of the molecule is CC(=O)Cc1cccc2sc(C(C)C)nc12. The zero-order chi connectivity index (χ0) is 11.7. The predicted octanol–water partition coefficient (Wildman–Crippen LogP) is 3.55. The summed E-state index contributed by atoms with van der Waals surface area (Å²) in [7, 11) is 0. The summed E-state index contributed by atoms with van der Waals surface area (Å²) >= 11 is 1.72. The van der Waals surface area contributed by atoms with Crippen molar-refractivity contribution in [2.45, 2.75) is 33.1 Å². The van der Waals surface area contributed by atoms with Crippen molar-refractivity contribution in [2.24, 2.45) is 0 Å². The molecule has 0 saturated carbocycles. The van der Waals surface area contributed by atoms with E-state index >= 15 is 0 Å². The number of para-hydroxylation sites is 1. The Morgan fingerprint density at radius 1 is 1.44 bits per heavy atom. The number of rotatable bonds is 3. The summed E-state index contributed by atoms with van der Waals surface area (Å²) in [4.78, 5) is 15.8. The molecule has 1 aromatic heterocycles. The topological polar surface area (TPSA) is 30.0 Å². The van der Waals surface area contributed by atoms with Crippen molar-refractivity contribution in [1.29, 1.82) is 0 Å². The monoisotopic (exact) mass is 233 g/mol. The Balaban J connectivity index is 2.54.